The average molecular weight is 312 g/mol. The van der Waals surface area contributed by atoms with E-state index < -0.39 is 17.3 Å². The van der Waals surface area contributed by atoms with Crippen molar-refractivity contribution in [2.75, 3.05) is 6.54 Å². The molecule has 0 aromatic carbocycles. The van der Waals surface area contributed by atoms with Gasteiger partial charge in [0.2, 0.25) is 0 Å². The van der Waals surface area contributed by atoms with E-state index in [1.54, 1.807) is 0 Å². The van der Waals surface area contributed by atoms with Gasteiger partial charge in [0.15, 0.2) is 5.60 Å². The smallest absolute Gasteiger partial charge is 0.407 e. The van der Waals surface area contributed by atoms with E-state index in [0.717, 1.165) is 5.71 Å². The van der Waals surface area contributed by atoms with E-state index in [2.05, 4.69) is 52.0 Å². The van der Waals surface area contributed by atoms with Crippen LogP contribution in [-0.2, 0) is 9.57 Å². The summed E-state index contributed by atoms with van der Waals surface area (Å²) in [5.74, 6) is 0. The van der Waals surface area contributed by atoms with Crippen molar-refractivity contribution >= 4 is 11.8 Å². The second-order valence-corrected chi connectivity index (χ2v) is 9.16. The van der Waals surface area contributed by atoms with E-state index >= 15 is 0 Å². The topological polar surface area (TPSA) is 59.9 Å². The maximum atomic E-state index is 11.9. The highest BCUT2D eigenvalue weighted by Crippen LogP contribution is 2.43. The molecule has 5 heteroatoms. The van der Waals surface area contributed by atoms with Crippen LogP contribution >= 0.6 is 0 Å². The first-order chi connectivity index (χ1) is 9.66. The Balaban J connectivity index is 2.80. The monoisotopic (exact) mass is 312 g/mol. The maximum Gasteiger partial charge on any atom is 0.407 e. The second kappa shape index (κ2) is 5.74. The minimum Gasteiger partial charge on any atom is -0.444 e. The molecule has 1 unspecified atom stereocenters. The SMILES string of the molecule is CC(C)(C)OC(=O)NCC1(C(C)(C)C)CC(C(C)(C)C)=NO1. The first-order valence-electron chi connectivity index (χ1n) is 7.89. The molecule has 0 fully saturated rings. The molecule has 1 aliphatic rings. The Morgan fingerprint density at radius 2 is 1.73 bits per heavy atom. The van der Waals surface area contributed by atoms with Crippen LogP contribution in [0.15, 0.2) is 5.16 Å². The molecule has 128 valence electrons. The van der Waals surface area contributed by atoms with Crippen LogP contribution in [0.3, 0.4) is 0 Å². The van der Waals surface area contributed by atoms with E-state index in [4.69, 9.17) is 9.57 Å². The summed E-state index contributed by atoms with van der Waals surface area (Å²) in [6.45, 7) is 18.6. The molecular weight excluding hydrogens is 280 g/mol. The summed E-state index contributed by atoms with van der Waals surface area (Å²) >= 11 is 0. The molecule has 1 aliphatic heterocycles. The highest BCUT2D eigenvalue weighted by Gasteiger charge is 2.51. The van der Waals surface area contributed by atoms with Gasteiger partial charge in [0.05, 0.1) is 12.3 Å². The number of nitrogens with zero attached hydrogens (tertiary/aromatic N) is 1. The normalized spacial score (nSPS) is 22.9. The lowest BCUT2D eigenvalue weighted by Crippen LogP contribution is -2.53. The lowest BCUT2D eigenvalue weighted by Gasteiger charge is -2.39. The zero-order valence-corrected chi connectivity index (χ0v) is 15.6. The molecule has 0 spiro atoms. The summed E-state index contributed by atoms with van der Waals surface area (Å²) in [6, 6.07) is 0. The molecule has 0 aromatic rings. The van der Waals surface area contributed by atoms with Crippen molar-refractivity contribution in [1.82, 2.24) is 5.32 Å². The van der Waals surface area contributed by atoms with E-state index in [0.29, 0.717) is 13.0 Å². The first kappa shape index (κ1) is 18.8. The van der Waals surface area contributed by atoms with Crippen molar-refractivity contribution in [3.63, 3.8) is 0 Å². The molecule has 5 nitrogen and oxygen atoms in total. The van der Waals surface area contributed by atoms with Gasteiger partial charge in [0.25, 0.3) is 0 Å². The van der Waals surface area contributed by atoms with Gasteiger partial charge in [0.1, 0.15) is 5.60 Å². The maximum absolute atomic E-state index is 11.9. The number of oxime groups is 1. The Kier molecular flexibility index (Phi) is 4.91. The van der Waals surface area contributed by atoms with Crippen LogP contribution in [0, 0.1) is 10.8 Å². The van der Waals surface area contributed by atoms with Crippen LogP contribution < -0.4 is 5.32 Å². The van der Waals surface area contributed by atoms with Crippen LogP contribution in [0.5, 0.6) is 0 Å². The predicted molar refractivity (Wildman–Crippen MR) is 89.0 cm³/mol. The molecule has 22 heavy (non-hydrogen) atoms. The molecule has 0 saturated carbocycles. The van der Waals surface area contributed by atoms with Crippen molar-refractivity contribution in [2.45, 2.75) is 79.9 Å². The number of carbonyl (C=O) groups excluding carboxylic acids is 1. The van der Waals surface area contributed by atoms with Crippen LogP contribution in [0.2, 0.25) is 0 Å². The molecule has 0 aromatic heterocycles. The van der Waals surface area contributed by atoms with Crippen LogP contribution in [0.4, 0.5) is 4.79 Å². The van der Waals surface area contributed by atoms with Gasteiger partial charge in [-0.2, -0.15) is 0 Å². The van der Waals surface area contributed by atoms with Gasteiger partial charge in [-0.15, -0.1) is 0 Å². The molecular formula is C17H32N2O3. The Morgan fingerprint density at radius 1 is 1.18 bits per heavy atom. The van der Waals surface area contributed by atoms with Gasteiger partial charge in [-0.1, -0.05) is 46.7 Å². The molecule has 1 rings (SSSR count). The zero-order chi connectivity index (χ0) is 17.4. The summed E-state index contributed by atoms with van der Waals surface area (Å²) in [4.78, 5) is 17.8. The Bertz CT molecular complexity index is 450. The Morgan fingerprint density at radius 3 is 2.09 bits per heavy atom. The lowest BCUT2D eigenvalue weighted by atomic mass is 9.71. The lowest BCUT2D eigenvalue weighted by molar-refractivity contribution is -0.0932. The Hall–Kier alpha value is -1.26. The standard InChI is InChI=1S/C17H32N2O3/c1-14(2,3)12-10-17(22-19-12,15(4,5)6)11-18-13(20)21-16(7,8)9/h10-11H2,1-9H3,(H,18,20). The van der Waals surface area contributed by atoms with Crippen molar-refractivity contribution in [2.24, 2.45) is 16.0 Å². The van der Waals surface area contributed by atoms with Crippen molar-refractivity contribution in [3.05, 3.63) is 0 Å². The minimum atomic E-state index is -0.549. The van der Waals surface area contributed by atoms with Gasteiger partial charge >= 0.3 is 6.09 Å². The summed E-state index contributed by atoms with van der Waals surface area (Å²) in [6.07, 6.45) is 0.277. The van der Waals surface area contributed by atoms with Gasteiger partial charge in [-0.3, -0.25) is 0 Å². The fourth-order valence-electron chi connectivity index (χ4n) is 2.17. The molecule has 0 bridgehead atoms. The van der Waals surface area contributed by atoms with Gasteiger partial charge in [-0.25, -0.2) is 4.79 Å². The number of rotatable bonds is 2. The van der Waals surface area contributed by atoms with E-state index in [-0.39, 0.29) is 10.8 Å². The highest BCUT2D eigenvalue weighted by molar-refractivity contribution is 5.91. The first-order valence-corrected chi connectivity index (χ1v) is 7.89. The molecule has 0 aliphatic carbocycles. The summed E-state index contributed by atoms with van der Waals surface area (Å²) in [5.41, 5.74) is -0.250. The largest absolute Gasteiger partial charge is 0.444 e. The third-order valence-corrected chi connectivity index (χ3v) is 3.93. The third-order valence-electron chi connectivity index (χ3n) is 3.93. The molecule has 1 atom stereocenters. The molecule has 1 amide bonds. The second-order valence-electron chi connectivity index (χ2n) is 9.16. The highest BCUT2D eigenvalue weighted by atomic mass is 16.7. The van der Waals surface area contributed by atoms with E-state index in [9.17, 15) is 4.79 Å². The number of alkyl carbamates (subject to hydrolysis) is 1. The number of ether oxygens (including phenoxy) is 1. The van der Waals surface area contributed by atoms with Gasteiger partial charge in [0, 0.05) is 17.3 Å². The molecule has 1 heterocycles. The molecule has 1 N–H and O–H groups in total. The quantitative estimate of drug-likeness (QED) is 0.834. The van der Waals surface area contributed by atoms with Crippen molar-refractivity contribution < 1.29 is 14.4 Å². The minimum absolute atomic E-state index is 0.0427. The number of nitrogens with one attached hydrogen (secondary N) is 1. The van der Waals surface area contributed by atoms with Gasteiger partial charge in [-0.05, 0) is 20.8 Å². The number of hydrogen-bond acceptors (Lipinski definition) is 4. The molecule has 0 radical (unpaired) electrons. The van der Waals surface area contributed by atoms with Crippen LogP contribution in [0.25, 0.3) is 0 Å². The van der Waals surface area contributed by atoms with Crippen LogP contribution in [-0.4, -0.2) is 29.6 Å². The number of carbonyl (C=O) groups is 1. The van der Waals surface area contributed by atoms with E-state index in [1.807, 2.05) is 20.8 Å². The van der Waals surface area contributed by atoms with Crippen molar-refractivity contribution in [3.8, 4) is 0 Å². The predicted octanol–water partition coefficient (Wildman–Crippen LogP) is 4.12. The van der Waals surface area contributed by atoms with Gasteiger partial charge < -0.3 is 14.9 Å². The van der Waals surface area contributed by atoms with Crippen LogP contribution in [0.1, 0.15) is 68.7 Å². The summed E-state index contributed by atoms with van der Waals surface area (Å²) in [7, 11) is 0. The number of hydrogen-bond donors (Lipinski definition) is 1. The Labute approximate surface area is 134 Å². The summed E-state index contributed by atoms with van der Waals surface area (Å²) < 4.78 is 5.31. The average Bonchev–Trinajstić information content (AvgIpc) is 2.68. The molecule has 0 saturated heterocycles. The third kappa shape index (κ3) is 4.62. The number of amides is 1. The summed E-state index contributed by atoms with van der Waals surface area (Å²) in [5, 5.41) is 7.15. The van der Waals surface area contributed by atoms with Crippen molar-refractivity contribution in [1.29, 1.82) is 0 Å². The zero-order valence-electron chi connectivity index (χ0n) is 15.6. The van der Waals surface area contributed by atoms with E-state index in [1.165, 1.54) is 0 Å². The fourth-order valence-corrected chi connectivity index (χ4v) is 2.17. The fraction of sp³-hybridized carbons (Fsp3) is 0.882.